The molecule has 0 aliphatic heterocycles. The summed E-state index contributed by atoms with van der Waals surface area (Å²) in [6, 6.07) is 0. The van der Waals surface area contributed by atoms with Gasteiger partial charge in [-0.1, -0.05) is 97.8 Å². The first-order valence-electron chi connectivity index (χ1n) is 14.5. The van der Waals surface area contributed by atoms with E-state index in [-0.39, 0.29) is 0 Å². The van der Waals surface area contributed by atoms with Crippen LogP contribution in [-0.4, -0.2) is 38.9 Å². The third-order valence-corrected chi connectivity index (χ3v) is 12.8. The molecule has 0 aliphatic carbocycles. The van der Waals surface area contributed by atoms with Crippen LogP contribution in [0.4, 0.5) is 0 Å². The molecule has 202 valence electrons. The molecule has 0 rings (SSSR count). The summed E-state index contributed by atoms with van der Waals surface area (Å²) in [6.07, 6.45) is 32.9. The Morgan fingerprint density at radius 3 is 0.970 bits per heavy atom. The maximum atomic E-state index is 9.92. The highest BCUT2D eigenvalue weighted by molar-refractivity contribution is 7.75. The Bertz CT molecular complexity index is 345. The van der Waals surface area contributed by atoms with Gasteiger partial charge in [0.15, 0.2) is 0 Å². The maximum Gasteiger partial charge on any atom is 0.318 e. The van der Waals surface area contributed by atoms with Gasteiger partial charge in [0.2, 0.25) is 0 Å². The normalized spacial score (nSPS) is 11.6. The number of hydrogen-bond donors (Lipinski definition) is 0. The van der Waals surface area contributed by atoms with Crippen LogP contribution in [-0.2, 0) is 13.6 Å². The number of rotatable bonds is 24. The van der Waals surface area contributed by atoms with E-state index >= 15 is 0 Å². The zero-order valence-electron chi connectivity index (χ0n) is 23.7. The van der Waals surface area contributed by atoms with E-state index in [1.807, 2.05) is 0 Å². The quantitative estimate of drug-likeness (QED) is 0.0958. The Morgan fingerprint density at radius 1 is 0.485 bits per heavy atom. The molecule has 0 bridgehead atoms. The Kier molecular flexibility index (Phi) is 31.2. The Hall–Kier alpha value is 0.580. The summed E-state index contributed by atoms with van der Waals surface area (Å²) in [5.41, 5.74) is 0. The van der Waals surface area contributed by atoms with E-state index in [2.05, 4.69) is 36.7 Å². The van der Waals surface area contributed by atoms with E-state index in [0.717, 1.165) is 0 Å². The first kappa shape index (κ1) is 35.7. The number of hydrogen-bond acceptors (Lipinski definition) is 3. The summed E-state index contributed by atoms with van der Waals surface area (Å²) in [5, 5.41) is 0. The second-order valence-corrected chi connectivity index (χ2v) is 15.8. The molecule has 0 unspecified atom stereocenters. The third kappa shape index (κ3) is 25.5. The lowest BCUT2D eigenvalue weighted by Gasteiger charge is -2.27. The van der Waals surface area contributed by atoms with Gasteiger partial charge in [0, 0.05) is 21.5 Å². The van der Waals surface area contributed by atoms with Crippen LogP contribution in [0.15, 0.2) is 0 Å². The van der Waals surface area contributed by atoms with Gasteiger partial charge < -0.3 is 9.05 Å². The van der Waals surface area contributed by atoms with Gasteiger partial charge in [0.05, 0.1) is 24.6 Å². The molecular weight excluding hydrogens is 446 g/mol. The molecule has 0 fully saturated rings. The van der Waals surface area contributed by atoms with Gasteiger partial charge in [-0.25, -0.2) is 0 Å². The molecule has 0 aromatic heterocycles. The van der Waals surface area contributed by atoms with Crippen LogP contribution in [0.3, 0.4) is 0 Å². The maximum absolute atomic E-state index is 9.92. The zero-order valence-corrected chi connectivity index (χ0v) is 25.6. The van der Waals surface area contributed by atoms with Crippen molar-refractivity contribution in [3.05, 3.63) is 0 Å². The smallest absolute Gasteiger partial charge is 0.314 e. The van der Waals surface area contributed by atoms with Crippen molar-refractivity contribution < 1.29 is 13.6 Å². The molecule has 3 nitrogen and oxygen atoms in total. The average Bonchev–Trinajstić information content (AvgIpc) is 2.84. The lowest BCUT2D eigenvalue weighted by atomic mass is 10.1. The van der Waals surface area contributed by atoms with Crippen molar-refractivity contribution in [2.75, 3.05) is 38.9 Å². The molecule has 0 heterocycles. The summed E-state index contributed by atoms with van der Waals surface area (Å²) in [4.78, 5) is 0. The summed E-state index contributed by atoms with van der Waals surface area (Å²) in [6.45, 7) is 9.52. The highest BCUT2D eigenvalue weighted by Crippen LogP contribution is 2.60. The summed E-state index contributed by atoms with van der Waals surface area (Å²) >= 11 is 0. The van der Waals surface area contributed by atoms with Crippen LogP contribution in [0.25, 0.3) is 0 Å². The molecule has 0 saturated heterocycles. The van der Waals surface area contributed by atoms with Crippen LogP contribution in [0, 0.1) is 0 Å². The van der Waals surface area contributed by atoms with Crippen molar-refractivity contribution >= 4 is 15.5 Å². The van der Waals surface area contributed by atoms with Gasteiger partial charge in [0.1, 0.15) is 0 Å². The molecule has 33 heavy (non-hydrogen) atoms. The minimum atomic E-state index is -2.12. The summed E-state index contributed by atoms with van der Waals surface area (Å²) in [7, 11) is -0.0859. The fourth-order valence-corrected chi connectivity index (χ4v) is 9.05. The monoisotopic (exact) mass is 509 g/mol. The van der Waals surface area contributed by atoms with Crippen molar-refractivity contribution in [2.45, 2.75) is 143 Å². The first-order chi connectivity index (χ1) is 16.1. The van der Waals surface area contributed by atoms with Gasteiger partial charge in [-0.2, -0.15) is 0 Å². The molecule has 5 heteroatoms. The Labute approximate surface area is 211 Å². The molecule has 0 spiro atoms. The lowest BCUT2D eigenvalue weighted by molar-refractivity contribution is 0.302. The fraction of sp³-hybridized carbons (Fsp3) is 1.00. The average molecular weight is 510 g/mol. The van der Waals surface area contributed by atoms with Crippen molar-refractivity contribution in [3.63, 3.8) is 0 Å². The predicted molar refractivity (Wildman–Crippen MR) is 155 cm³/mol. The van der Waals surface area contributed by atoms with Crippen LogP contribution in [0.2, 0.25) is 0 Å². The molecule has 0 amide bonds. The van der Waals surface area contributed by atoms with E-state index in [0.29, 0.717) is 0 Å². The minimum Gasteiger partial charge on any atom is -0.314 e. The van der Waals surface area contributed by atoms with Crippen LogP contribution in [0.1, 0.15) is 143 Å². The van der Waals surface area contributed by atoms with Crippen LogP contribution in [0.5, 0.6) is 0 Å². The van der Waals surface area contributed by atoms with E-state index in [4.69, 9.17) is 0 Å². The van der Waals surface area contributed by atoms with Crippen molar-refractivity contribution in [1.82, 2.24) is 0 Å². The van der Waals surface area contributed by atoms with Gasteiger partial charge in [-0.3, -0.25) is 4.57 Å². The highest BCUT2D eigenvalue weighted by atomic mass is 31.2. The standard InChI is InChI=1S/C26H56P.C2H7O3P/c1-5-9-12-15-18-21-24-27(8-4,25-22-19-16-13-10-6-2)26-23-20-17-14-11-7-3;1-4-6(3)5-2/h5-26H2,1-4H3;6H,1-2H3/q+1;. The molecule has 0 saturated carbocycles. The minimum absolute atomic E-state index is 0.644. The van der Waals surface area contributed by atoms with E-state index in [1.165, 1.54) is 136 Å². The van der Waals surface area contributed by atoms with Gasteiger partial charge in [-0.05, 0) is 45.4 Å². The second-order valence-electron chi connectivity index (χ2n) is 9.79. The summed E-state index contributed by atoms with van der Waals surface area (Å²) < 4.78 is 18.4. The first-order valence-corrected chi connectivity index (χ1v) is 18.3. The molecule has 0 radical (unpaired) electrons. The molecular formula is C28H63O3P2+. The number of unbranched alkanes of at least 4 members (excludes halogenated alkanes) is 15. The van der Waals surface area contributed by atoms with Gasteiger partial charge in [-0.15, -0.1) is 0 Å². The second kappa shape index (κ2) is 28.8. The molecule has 0 aromatic rings. The van der Waals surface area contributed by atoms with Crippen molar-refractivity contribution in [1.29, 1.82) is 0 Å². The third-order valence-electron chi connectivity index (χ3n) is 6.96. The molecule has 0 atom stereocenters. The van der Waals surface area contributed by atoms with Gasteiger partial charge >= 0.3 is 8.25 Å². The topological polar surface area (TPSA) is 35.5 Å². The van der Waals surface area contributed by atoms with E-state index < -0.39 is 15.5 Å². The fourth-order valence-electron chi connectivity index (χ4n) is 4.58. The Balaban J connectivity index is 0. The van der Waals surface area contributed by atoms with Crippen LogP contribution >= 0.6 is 15.5 Å². The highest BCUT2D eigenvalue weighted by Gasteiger charge is 2.33. The van der Waals surface area contributed by atoms with Crippen LogP contribution < -0.4 is 0 Å². The Morgan fingerprint density at radius 2 is 0.758 bits per heavy atom. The molecule has 0 aliphatic rings. The SMILES string of the molecule is CCCCCCCC[P+](CC)(CCCCCCCC)CCCCCCCC.CO[PH](=O)OC. The van der Waals surface area contributed by atoms with Crippen molar-refractivity contribution in [3.8, 4) is 0 Å². The lowest BCUT2D eigenvalue weighted by Crippen LogP contribution is -2.11. The molecule has 0 N–H and O–H groups in total. The zero-order chi connectivity index (χ0) is 25.0. The van der Waals surface area contributed by atoms with Gasteiger partial charge in [0.25, 0.3) is 0 Å². The largest absolute Gasteiger partial charge is 0.318 e. The van der Waals surface area contributed by atoms with E-state index in [1.54, 1.807) is 18.5 Å². The van der Waals surface area contributed by atoms with E-state index in [9.17, 15) is 4.57 Å². The molecule has 0 aromatic carbocycles. The van der Waals surface area contributed by atoms with Crippen molar-refractivity contribution in [2.24, 2.45) is 0 Å². The summed E-state index contributed by atoms with van der Waals surface area (Å²) in [5.74, 6) is 0. The predicted octanol–water partition coefficient (Wildman–Crippen LogP) is 10.8.